The number of nitrogens with zero attached hydrogens (tertiary/aromatic N) is 6. The van der Waals surface area contributed by atoms with Crippen molar-refractivity contribution in [2.24, 2.45) is 0 Å². The second-order valence-corrected chi connectivity index (χ2v) is 13.4. The quantitative estimate of drug-likeness (QED) is 0.235. The van der Waals surface area contributed by atoms with Crippen LogP contribution < -0.4 is 10.1 Å². The number of rotatable bonds is 7. The van der Waals surface area contributed by atoms with Crippen LogP contribution in [-0.2, 0) is 19.3 Å². The van der Waals surface area contributed by atoms with Gasteiger partial charge in [-0.3, -0.25) is 14.7 Å². The van der Waals surface area contributed by atoms with Gasteiger partial charge in [-0.2, -0.15) is 13.2 Å². The van der Waals surface area contributed by atoms with Crippen molar-refractivity contribution in [3.05, 3.63) is 76.9 Å². The van der Waals surface area contributed by atoms with Crippen LogP contribution in [0.4, 0.5) is 23.7 Å². The third-order valence-electron chi connectivity index (χ3n) is 9.94. The number of hydrogen-bond acceptors (Lipinski definition) is 7. The van der Waals surface area contributed by atoms with E-state index in [-0.39, 0.29) is 36.2 Å². The summed E-state index contributed by atoms with van der Waals surface area (Å²) < 4.78 is 48.8. The van der Waals surface area contributed by atoms with Crippen LogP contribution in [0.25, 0.3) is 11.0 Å². The number of fused-ring (bicyclic) bond motifs is 2. The number of pyridine rings is 2. The zero-order valence-electron chi connectivity index (χ0n) is 28.2. The lowest BCUT2D eigenvalue weighted by Crippen LogP contribution is -2.44. The number of benzene rings is 1. The fourth-order valence-electron chi connectivity index (χ4n) is 7.08. The molecule has 2 N–H and O–H groups in total. The predicted octanol–water partition coefficient (Wildman–Crippen LogP) is 6.29. The van der Waals surface area contributed by atoms with Crippen LogP contribution in [-0.4, -0.2) is 99.4 Å². The van der Waals surface area contributed by atoms with Gasteiger partial charge in [0, 0.05) is 76.7 Å². The number of hydrogen-bond donors (Lipinski definition) is 2. The molecule has 6 heterocycles. The van der Waals surface area contributed by atoms with Gasteiger partial charge in [-0.05, 0) is 67.8 Å². The van der Waals surface area contributed by atoms with Crippen molar-refractivity contribution < 1.29 is 27.5 Å². The second kappa shape index (κ2) is 13.9. The molecular formula is C36H41F3N8O3. The molecule has 1 aromatic carbocycles. The van der Waals surface area contributed by atoms with E-state index in [0.717, 1.165) is 56.3 Å². The number of likely N-dealkylation sites (N-methyl/N-ethyl adjacent to an activating group) is 1. The molecule has 1 atom stereocenters. The molecule has 50 heavy (non-hydrogen) atoms. The Hall–Kier alpha value is -4.69. The molecule has 3 aliphatic rings. The minimum Gasteiger partial charge on any atom is -0.455 e. The Kier molecular flexibility index (Phi) is 9.40. The van der Waals surface area contributed by atoms with Gasteiger partial charge < -0.3 is 29.7 Å². The van der Waals surface area contributed by atoms with Crippen LogP contribution in [0.1, 0.15) is 65.0 Å². The highest BCUT2D eigenvalue weighted by atomic mass is 19.4. The number of aromatic amines is 1. The number of piperazine rings is 1. The zero-order chi connectivity index (χ0) is 35.0. The Labute approximate surface area is 288 Å². The van der Waals surface area contributed by atoms with Gasteiger partial charge in [0.2, 0.25) is 0 Å². The number of anilines is 1. The van der Waals surface area contributed by atoms with E-state index in [1.54, 1.807) is 35.5 Å². The summed E-state index contributed by atoms with van der Waals surface area (Å²) in [5, 5.41) is 3.38. The lowest BCUT2D eigenvalue weighted by molar-refractivity contribution is -0.138. The summed E-state index contributed by atoms with van der Waals surface area (Å²) in [6, 6.07) is 8.88. The number of ether oxygens (including phenoxy) is 1. The van der Waals surface area contributed by atoms with E-state index in [9.17, 15) is 22.8 Å². The number of aromatic nitrogens is 3. The first kappa shape index (κ1) is 33.8. The second-order valence-electron chi connectivity index (χ2n) is 13.4. The van der Waals surface area contributed by atoms with Crippen LogP contribution >= 0.6 is 0 Å². The summed E-state index contributed by atoms with van der Waals surface area (Å²) in [5.74, 6) is 0.823. The lowest BCUT2D eigenvalue weighted by atomic mass is 9.92. The first-order chi connectivity index (χ1) is 24.1. The van der Waals surface area contributed by atoms with E-state index in [4.69, 9.17) is 9.72 Å². The van der Waals surface area contributed by atoms with E-state index < -0.39 is 17.8 Å². The van der Waals surface area contributed by atoms with E-state index in [1.165, 1.54) is 6.07 Å². The van der Waals surface area contributed by atoms with Gasteiger partial charge in [0.15, 0.2) is 0 Å². The standard InChI is InChI=1S/C36H41F3N8O3/c1-3-23-21-47(35(49)42-26-7-6-24(29(17-26)36(37,38)39)20-45-14-12-44(2)13-15-45)22-25-16-27(19-41-32(23)25)50-31-8-9-40-33-28(31)18-30(43-33)34(48)46-10-4-5-11-46/h6-9,16-19,23H,3-5,10-15,20-22H2,1-2H3,(H,40,43)(H,42,49)/t23-/m0/s1. The third-order valence-corrected chi connectivity index (χ3v) is 9.94. The molecule has 3 amide bonds. The number of urea groups is 1. The summed E-state index contributed by atoms with van der Waals surface area (Å²) in [6.07, 6.45) is 1.39. The van der Waals surface area contributed by atoms with E-state index >= 15 is 0 Å². The van der Waals surface area contributed by atoms with E-state index in [1.807, 2.05) is 29.8 Å². The molecule has 4 aromatic rings. The van der Waals surface area contributed by atoms with E-state index in [0.29, 0.717) is 54.3 Å². The van der Waals surface area contributed by atoms with Crippen molar-refractivity contribution in [2.45, 2.75) is 51.4 Å². The van der Waals surface area contributed by atoms with Gasteiger partial charge in [-0.1, -0.05) is 13.0 Å². The normalized spacial score (nSPS) is 18.8. The first-order valence-corrected chi connectivity index (χ1v) is 17.2. The third kappa shape index (κ3) is 7.13. The number of alkyl halides is 3. The molecule has 11 nitrogen and oxygen atoms in total. The lowest BCUT2D eigenvalue weighted by Gasteiger charge is -2.34. The van der Waals surface area contributed by atoms with Gasteiger partial charge in [0.1, 0.15) is 22.8 Å². The molecule has 2 fully saturated rings. The SMILES string of the molecule is CC[C@H]1CN(C(=O)Nc2ccc(CN3CCN(C)CC3)c(C(F)(F)F)c2)Cc2cc(Oc3ccnc4[nH]c(C(=O)N5CCCC5)cc34)cnc21. The highest BCUT2D eigenvalue weighted by Crippen LogP contribution is 2.37. The number of halogens is 3. The minimum absolute atomic E-state index is 0.0632. The monoisotopic (exact) mass is 690 g/mol. The van der Waals surface area contributed by atoms with Crippen LogP contribution in [0.5, 0.6) is 11.5 Å². The Balaban J connectivity index is 1.07. The molecular weight excluding hydrogens is 649 g/mol. The molecule has 0 bridgehead atoms. The Bertz CT molecular complexity index is 1880. The number of H-pyrrole nitrogens is 1. The van der Waals surface area contributed by atoms with Crippen LogP contribution in [0.15, 0.2) is 48.8 Å². The number of likely N-dealkylation sites (tertiary alicyclic amines) is 1. The minimum atomic E-state index is -4.56. The largest absolute Gasteiger partial charge is 0.455 e. The summed E-state index contributed by atoms with van der Waals surface area (Å²) in [6.45, 7) is 7.26. The van der Waals surface area contributed by atoms with Crippen LogP contribution in [0.3, 0.4) is 0 Å². The molecule has 0 radical (unpaired) electrons. The number of nitrogens with one attached hydrogen (secondary N) is 2. The van der Waals surface area contributed by atoms with Gasteiger partial charge in [0.25, 0.3) is 5.91 Å². The van der Waals surface area contributed by atoms with E-state index in [2.05, 4.69) is 20.2 Å². The predicted molar refractivity (Wildman–Crippen MR) is 182 cm³/mol. The van der Waals surface area contributed by atoms with Crippen LogP contribution in [0, 0.1) is 0 Å². The highest BCUT2D eigenvalue weighted by Gasteiger charge is 2.35. The molecule has 2 saturated heterocycles. The Morgan fingerprint density at radius 1 is 1.00 bits per heavy atom. The molecule has 0 unspecified atom stereocenters. The first-order valence-electron chi connectivity index (χ1n) is 17.2. The summed E-state index contributed by atoms with van der Waals surface area (Å²) in [7, 11) is 2.00. The van der Waals surface area contributed by atoms with Gasteiger partial charge >= 0.3 is 12.2 Å². The van der Waals surface area contributed by atoms with Crippen molar-refractivity contribution in [1.29, 1.82) is 0 Å². The van der Waals surface area contributed by atoms with Gasteiger partial charge in [0.05, 0.1) is 22.8 Å². The highest BCUT2D eigenvalue weighted by molar-refractivity contribution is 5.98. The smallest absolute Gasteiger partial charge is 0.416 e. The maximum atomic E-state index is 14.2. The van der Waals surface area contributed by atoms with Crippen molar-refractivity contribution in [3.8, 4) is 11.5 Å². The Morgan fingerprint density at radius 3 is 2.52 bits per heavy atom. The van der Waals surface area contributed by atoms with Gasteiger partial charge in [-0.15, -0.1) is 0 Å². The van der Waals surface area contributed by atoms with Crippen molar-refractivity contribution >= 4 is 28.7 Å². The molecule has 0 spiro atoms. The molecule has 0 saturated carbocycles. The van der Waals surface area contributed by atoms with Gasteiger partial charge in [-0.25, -0.2) is 9.78 Å². The fraction of sp³-hybridized carbons (Fsp3) is 0.444. The number of carbonyl (C=O) groups excluding carboxylic acids is 2. The van der Waals surface area contributed by atoms with Crippen molar-refractivity contribution in [3.63, 3.8) is 0 Å². The maximum Gasteiger partial charge on any atom is 0.416 e. The summed E-state index contributed by atoms with van der Waals surface area (Å²) in [5.41, 5.74) is 2.18. The van der Waals surface area contributed by atoms with Crippen LogP contribution in [0.2, 0.25) is 0 Å². The van der Waals surface area contributed by atoms with Crippen molar-refractivity contribution in [2.75, 3.05) is 58.2 Å². The summed E-state index contributed by atoms with van der Waals surface area (Å²) >= 11 is 0. The summed E-state index contributed by atoms with van der Waals surface area (Å²) in [4.78, 5) is 46.3. The molecule has 0 aliphatic carbocycles. The molecule has 3 aromatic heterocycles. The average Bonchev–Trinajstić information content (AvgIpc) is 3.80. The zero-order valence-corrected chi connectivity index (χ0v) is 28.2. The molecule has 14 heteroatoms. The maximum absolute atomic E-state index is 14.2. The molecule has 3 aliphatic heterocycles. The topological polar surface area (TPSA) is 110 Å². The van der Waals surface area contributed by atoms with Crippen molar-refractivity contribution in [1.82, 2.24) is 34.6 Å². The molecule has 264 valence electrons. The molecule has 7 rings (SSSR count). The number of amides is 3. The fourth-order valence-corrected chi connectivity index (χ4v) is 7.08. The average molecular weight is 691 g/mol. The number of carbonyl (C=O) groups is 2. The Morgan fingerprint density at radius 2 is 1.78 bits per heavy atom.